The Morgan fingerprint density at radius 3 is 1.63 bits per heavy atom. The van der Waals surface area contributed by atoms with Crippen LogP contribution in [0.5, 0.6) is 0 Å². The van der Waals surface area contributed by atoms with Gasteiger partial charge in [0.25, 0.3) is 5.91 Å². The lowest BCUT2D eigenvalue weighted by Gasteiger charge is -2.27. The number of hydrogen-bond donors (Lipinski definition) is 1. The predicted octanol–water partition coefficient (Wildman–Crippen LogP) is 7.42. The molecule has 0 saturated heterocycles. The maximum atomic E-state index is 13.2. The van der Waals surface area contributed by atoms with Gasteiger partial charge in [0, 0.05) is 15.7 Å². The van der Waals surface area contributed by atoms with E-state index in [9.17, 15) is 4.79 Å². The fraction of sp³-hybridized carbons (Fsp3) is 0.0500. The van der Waals surface area contributed by atoms with Gasteiger partial charge in [-0.15, -0.1) is 0 Å². The minimum atomic E-state index is -1.50. The molecule has 3 aromatic carbocycles. The molecule has 0 fully saturated rings. The average molecular weight is 460 g/mol. The summed E-state index contributed by atoms with van der Waals surface area (Å²) in [6, 6.07) is 18.3. The van der Waals surface area contributed by atoms with Gasteiger partial charge in [-0.3, -0.25) is 4.79 Å². The van der Waals surface area contributed by atoms with Crippen molar-refractivity contribution in [2.24, 2.45) is 0 Å². The number of halogens is 5. The van der Waals surface area contributed by atoms with Crippen LogP contribution in [-0.4, -0.2) is 5.91 Å². The van der Waals surface area contributed by atoms with Crippen molar-refractivity contribution in [1.29, 1.82) is 0 Å². The highest BCUT2D eigenvalue weighted by atomic mass is 35.5. The summed E-state index contributed by atoms with van der Waals surface area (Å²) in [7, 11) is 0. The maximum Gasteiger partial charge on any atom is 0.254 e. The molecule has 0 atom stereocenters. The molecule has 0 unspecified atom stereocenters. The van der Waals surface area contributed by atoms with Crippen LogP contribution in [0.2, 0.25) is 20.1 Å². The molecule has 7 heteroatoms. The second-order valence-electron chi connectivity index (χ2n) is 5.76. The van der Waals surface area contributed by atoms with Crippen LogP contribution < -0.4 is 5.32 Å². The zero-order chi connectivity index (χ0) is 19.6. The summed E-state index contributed by atoms with van der Waals surface area (Å²) >= 11 is 30.8. The molecule has 3 aromatic rings. The first kappa shape index (κ1) is 20.3. The molecule has 0 saturated carbocycles. The topological polar surface area (TPSA) is 29.1 Å². The largest absolute Gasteiger partial charge is 0.324 e. The van der Waals surface area contributed by atoms with Crippen molar-refractivity contribution in [1.82, 2.24) is 0 Å². The van der Waals surface area contributed by atoms with Crippen LogP contribution in [0.15, 0.2) is 66.7 Å². The second-order valence-corrected chi connectivity index (χ2v) is 8.01. The Morgan fingerprint density at radius 1 is 0.704 bits per heavy atom. The average Bonchev–Trinajstić information content (AvgIpc) is 2.65. The molecule has 138 valence electrons. The standard InChI is InChI=1S/C20H12Cl5NO/c21-14-5-1-12(2-6-14)20(25,13-3-7-15(22)8-4-13)19(27)26-16-9-10-17(23)18(24)11-16/h1-11H,(H,26,27). The Kier molecular flexibility index (Phi) is 6.25. The van der Waals surface area contributed by atoms with E-state index in [1.54, 1.807) is 66.7 Å². The zero-order valence-electron chi connectivity index (χ0n) is 13.6. The molecule has 0 aliphatic rings. The second kappa shape index (κ2) is 8.30. The van der Waals surface area contributed by atoms with E-state index in [1.165, 1.54) is 0 Å². The fourth-order valence-electron chi connectivity index (χ4n) is 2.58. The highest BCUT2D eigenvalue weighted by Gasteiger charge is 2.40. The molecule has 0 aliphatic carbocycles. The van der Waals surface area contributed by atoms with Gasteiger partial charge in [0.1, 0.15) is 0 Å². The van der Waals surface area contributed by atoms with Crippen molar-refractivity contribution in [2.45, 2.75) is 4.87 Å². The van der Waals surface area contributed by atoms with Crippen LogP contribution in [-0.2, 0) is 9.67 Å². The molecule has 0 radical (unpaired) electrons. The number of hydrogen-bond acceptors (Lipinski definition) is 1. The summed E-state index contributed by atoms with van der Waals surface area (Å²) in [6.45, 7) is 0. The summed E-state index contributed by atoms with van der Waals surface area (Å²) in [5, 5.41) is 4.60. The lowest BCUT2D eigenvalue weighted by molar-refractivity contribution is -0.117. The van der Waals surface area contributed by atoms with Gasteiger partial charge in [0.2, 0.25) is 0 Å². The van der Waals surface area contributed by atoms with Crippen molar-refractivity contribution in [3.05, 3.63) is 97.9 Å². The van der Waals surface area contributed by atoms with E-state index in [0.717, 1.165) is 0 Å². The van der Waals surface area contributed by atoms with E-state index in [1.807, 2.05) is 0 Å². The third kappa shape index (κ3) is 4.37. The lowest BCUT2D eigenvalue weighted by Crippen LogP contribution is -2.36. The molecule has 2 nitrogen and oxygen atoms in total. The highest BCUT2D eigenvalue weighted by molar-refractivity contribution is 6.42. The summed E-state index contributed by atoms with van der Waals surface area (Å²) in [5.41, 5.74) is 1.60. The number of amides is 1. The number of rotatable bonds is 4. The van der Waals surface area contributed by atoms with E-state index in [0.29, 0.717) is 36.9 Å². The number of carbonyl (C=O) groups excluding carboxylic acids is 1. The van der Waals surface area contributed by atoms with Gasteiger partial charge in [0.15, 0.2) is 4.87 Å². The number of anilines is 1. The molecule has 0 aromatic heterocycles. The van der Waals surface area contributed by atoms with Gasteiger partial charge in [-0.2, -0.15) is 0 Å². The van der Waals surface area contributed by atoms with Gasteiger partial charge in [0.05, 0.1) is 10.0 Å². The third-order valence-corrected chi connectivity index (χ3v) is 5.83. The highest BCUT2D eigenvalue weighted by Crippen LogP contribution is 2.39. The van der Waals surface area contributed by atoms with Crippen molar-refractivity contribution in [3.63, 3.8) is 0 Å². The summed E-state index contributed by atoms with van der Waals surface area (Å²) in [6.07, 6.45) is 0. The predicted molar refractivity (Wildman–Crippen MR) is 115 cm³/mol. The first-order valence-corrected chi connectivity index (χ1v) is 9.67. The molecular formula is C20H12Cl5NO. The van der Waals surface area contributed by atoms with Crippen LogP contribution in [0.25, 0.3) is 0 Å². The van der Waals surface area contributed by atoms with Crippen molar-refractivity contribution in [2.75, 3.05) is 5.32 Å². The van der Waals surface area contributed by atoms with Gasteiger partial charge in [-0.1, -0.05) is 82.3 Å². The number of carbonyl (C=O) groups is 1. The molecule has 0 spiro atoms. The number of nitrogens with one attached hydrogen (secondary N) is 1. The first-order chi connectivity index (χ1) is 12.8. The van der Waals surface area contributed by atoms with E-state index < -0.39 is 10.8 Å². The minimum Gasteiger partial charge on any atom is -0.324 e. The van der Waals surface area contributed by atoms with Gasteiger partial charge >= 0.3 is 0 Å². The van der Waals surface area contributed by atoms with Crippen LogP contribution in [0.4, 0.5) is 5.69 Å². The Hall–Kier alpha value is -1.42. The summed E-state index contributed by atoms with van der Waals surface area (Å²) in [5.74, 6) is -0.452. The van der Waals surface area contributed by atoms with E-state index >= 15 is 0 Å². The Balaban J connectivity index is 2.05. The van der Waals surface area contributed by atoms with Crippen LogP contribution in [0.1, 0.15) is 11.1 Å². The maximum absolute atomic E-state index is 13.2. The smallest absolute Gasteiger partial charge is 0.254 e. The SMILES string of the molecule is O=C(Nc1ccc(Cl)c(Cl)c1)C(Cl)(c1ccc(Cl)cc1)c1ccc(Cl)cc1. The molecule has 3 rings (SSSR count). The fourth-order valence-corrected chi connectivity index (χ4v) is 3.43. The van der Waals surface area contributed by atoms with Crippen LogP contribution >= 0.6 is 58.0 Å². The van der Waals surface area contributed by atoms with Crippen LogP contribution in [0.3, 0.4) is 0 Å². The number of benzene rings is 3. The third-order valence-electron chi connectivity index (χ3n) is 3.97. The normalized spacial score (nSPS) is 11.3. The molecule has 0 heterocycles. The zero-order valence-corrected chi connectivity index (χ0v) is 17.4. The van der Waals surface area contributed by atoms with Gasteiger partial charge in [-0.05, 0) is 53.6 Å². The van der Waals surface area contributed by atoms with Gasteiger partial charge < -0.3 is 5.32 Å². The Labute approximate surface area is 182 Å². The first-order valence-electron chi connectivity index (χ1n) is 7.78. The monoisotopic (exact) mass is 457 g/mol. The molecular weight excluding hydrogens is 447 g/mol. The quantitative estimate of drug-likeness (QED) is 0.404. The van der Waals surface area contributed by atoms with E-state index in [4.69, 9.17) is 58.0 Å². The summed E-state index contributed by atoms with van der Waals surface area (Å²) in [4.78, 5) is 11.7. The van der Waals surface area contributed by atoms with Crippen molar-refractivity contribution >= 4 is 69.6 Å². The van der Waals surface area contributed by atoms with Crippen molar-refractivity contribution < 1.29 is 4.79 Å². The molecule has 0 bridgehead atoms. The Bertz CT molecular complexity index is 925. The van der Waals surface area contributed by atoms with E-state index in [-0.39, 0.29) is 0 Å². The van der Waals surface area contributed by atoms with E-state index in [2.05, 4.69) is 5.32 Å². The minimum absolute atomic E-state index is 0.327. The molecule has 27 heavy (non-hydrogen) atoms. The molecule has 1 amide bonds. The molecule has 1 N–H and O–H groups in total. The lowest BCUT2D eigenvalue weighted by atomic mass is 9.89. The van der Waals surface area contributed by atoms with Gasteiger partial charge in [-0.25, -0.2) is 0 Å². The number of alkyl halides is 1. The van der Waals surface area contributed by atoms with Crippen LogP contribution in [0, 0.1) is 0 Å². The Morgan fingerprint density at radius 2 is 1.19 bits per heavy atom. The summed E-state index contributed by atoms with van der Waals surface area (Å²) < 4.78 is 0. The molecule has 0 aliphatic heterocycles. The van der Waals surface area contributed by atoms with Crippen molar-refractivity contribution in [3.8, 4) is 0 Å².